The molecule has 1 saturated heterocycles. The summed E-state index contributed by atoms with van der Waals surface area (Å²) < 4.78 is 24.7. The van der Waals surface area contributed by atoms with Crippen molar-refractivity contribution in [1.82, 2.24) is 0 Å². The largest absolute Gasteiger partial charge is 0.490 e. The third-order valence-electron chi connectivity index (χ3n) is 4.66. The van der Waals surface area contributed by atoms with Gasteiger partial charge in [0.2, 0.25) is 0 Å². The average Bonchev–Trinajstić information content (AvgIpc) is 3.09. The summed E-state index contributed by atoms with van der Waals surface area (Å²) in [7, 11) is 0. The molecule has 0 radical (unpaired) electrons. The Labute approximate surface area is 199 Å². The molecule has 1 fully saturated rings. The number of nitrogens with zero attached hydrogens (tertiary/aromatic N) is 1. The fourth-order valence-corrected chi connectivity index (χ4v) is 4.43. The van der Waals surface area contributed by atoms with Gasteiger partial charge in [-0.2, -0.15) is 0 Å². The molecule has 0 N–H and O–H groups in total. The van der Waals surface area contributed by atoms with Gasteiger partial charge in [-0.1, -0.05) is 48.2 Å². The Bertz CT molecular complexity index is 1240. The van der Waals surface area contributed by atoms with E-state index < -0.39 is 11.8 Å². The molecule has 0 bridgehead atoms. The lowest BCUT2D eigenvalue weighted by Crippen LogP contribution is -2.27. The number of para-hydroxylation sites is 1. The monoisotopic (exact) mass is 479 g/mol. The number of halogens is 1. The second-order valence-electron chi connectivity index (χ2n) is 6.89. The Balaban J connectivity index is 1.58. The van der Waals surface area contributed by atoms with E-state index in [-0.39, 0.29) is 17.2 Å². The van der Waals surface area contributed by atoms with Crippen molar-refractivity contribution in [2.75, 3.05) is 11.5 Å². The number of hydrogen-bond acceptors (Lipinski definition) is 6. The van der Waals surface area contributed by atoms with Gasteiger partial charge in [-0.05, 0) is 67.1 Å². The predicted octanol–water partition coefficient (Wildman–Crippen LogP) is 5.85. The SMILES string of the molecule is CCOc1cc(C=C2SC(=S)N(c3ccccc3)C2=O)ccc1OC(=O)c1ccc(F)cc1. The highest BCUT2D eigenvalue weighted by Gasteiger charge is 2.33. The Morgan fingerprint density at radius 3 is 2.48 bits per heavy atom. The zero-order valence-electron chi connectivity index (χ0n) is 17.5. The van der Waals surface area contributed by atoms with Crippen molar-refractivity contribution in [2.24, 2.45) is 0 Å². The van der Waals surface area contributed by atoms with Crippen molar-refractivity contribution >= 4 is 51.9 Å². The molecule has 0 spiro atoms. The summed E-state index contributed by atoms with van der Waals surface area (Å²) in [6, 6.07) is 19.3. The summed E-state index contributed by atoms with van der Waals surface area (Å²) >= 11 is 6.62. The Hall–Kier alpha value is -3.49. The Kier molecular flexibility index (Phi) is 6.86. The summed E-state index contributed by atoms with van der Waals surface area (Å²) in [6.07, 6.45) is 1.72. The maximum absolute atomic E-state index is 13.1. The Morgan fingerprint density at radius 1 is 1.06 bits per heavy atom. The number of carbonyl (C=O) groups is 2. The number of benzene rings is 3. The predicted molar refractivity (Wildman–Crippen MR) is 131 cm³/mol. The zero-order chi connectivity index (χ0) is 23.4. The van der Waals surface area contributed by atoms with Crippen molar-refractivity contribution in [3.63, 3.8) is 0 Å². The van der Waals surface area contributed by atoms with E-state index in [4.69, 9.17) is 21.7 Å². The van der Waals surface area contributed by atoms with E-state index in [1.165, 1.54) is 40.9 Å². The molecule has 33 heavy (non-hydrogen) atoms. The third-order valence-corrected chi connectivity index (χ3v) is 5.96. The zero-order valence-corrected chi connectivity index (χ0v) is 19.1. The first-order valence-corrected chi connectivity index (χ1v) is 11.3. The number of amides is 1. The molecule has 0 saturated carbocycles. The Morgan fingerprint density at radius 2 is 1.79 bits per heavy atom. The number of thiocarbonyl (C=S) groups is 1. The molecule has 0 aliphatic carbocycles. The van der Waals surface area contributed by atoms with Crippen LogP contribution in [0.2, 0.25) is 0 Å². The first-order chi connectivity index (χ1) is 16.0. The van der Waals surface area contributed by atoms with Gasteiger partial charge in [0.1, 0.15) is 5.82 Å². The van der Waals surface area contributed by atoms with Gasteiger partial charge < -0.3 is 9.47 Å². The van der Waals surface area contributed by atoms with Gasteiger partial charge in [0.25, 0.3) is 5.91 Å². The third kappa shape index (κ3) is 5.13. The van der Waals surface area contributed by atoms with Gasteiger partial charge in [-0.25, -0.2) is 9.18 Å². The van der Waals surface area contributed by atoms with E-state index in [9.17, 15) is 14.0 Å². The van der Waals surface area contributed by atoms with Crippen LogP contribution in [0.1, 0.15) is 22.8 Å². The second kappa shape index (κ2) is 9.97. The lowest BCUT2D eigenvalue weighted by atomic mass is 10.1. The molecule has 3 aromatic carbocycles. The molecule has 3 aromatic rings. The molecule has 166 valence electrons. The number of carbonyl (C=O) groups excluding carboxylic acids is 2. The molecule has 1 amide bonds. The number of hydrogen-bond donors (Lipinski definition) is 0. The number of esters is 1. The lowest BCUT2D eigenvalue weighted by molar-refractivity contribution is -0.113. The fraction of sp³-hybridized carbons (Fsp3) is 0.0800. The minimum Gasteiger partial charge on any atom is -0.490 e. The molecular weight excluding hydrogens is 461 g/mol. The number of rotatable bonds is 6. The minimum atomic E-state index is -0.632. The summed E-state index contributed by atoms with van der Waals surface area (Å²) in [5.41, 5.74) is 1.61. The molecule has 0 atom stereocenters. The quantitative estimate of drug-likeness (QED) is 0.191. The number of ether oxygens (including phenoxy) is 2. The topological polar surface area (TPSA) is 55.8 Å². The minimum absolute atomic E-state index is 0.207. The smallest absolute Gasteiger partial charge is 0.343 e. The van der Waals surface area contributed by atoms with Crippen molar-refractivity contribution in [2.45, 2.75) is 6.92 Å². The number of anilines is 1. The molecule has 5 nitrogen and oxygen atoms in total. The van der Waals surface area contributed by atoms with Crippen LogP contribution >= 0.6 is 24.0 Å². The van der Waals surface area contributed by atoms with E-state index in [2.05, 4.69) is 0 Å². The summed E-state index contributed by atoms with van der Waals surface area (Å²) in [5, 5.41) is 0. The molecule has 1 aliphatic heterocycles. The van der Waals surface area contributed by atoms with Crippen LogP contribution in [0.25, 0.3) is 6.08 Å². The van der Waals surface area contributed by atoms with E-state index in [0.29, 0.717) is 32.8 Å². The van der Waals surface area contributed by atoms with E-state index in [1.54, 1.807) is 24.3 Å². The lowest BCUT2D eigenvalue weighted by Gasteiger charge is -2.14. The van der Waals surface area contributed by atoms with Gasteiger partial charge in [-0.3, -0.25) is 9.69 Å². The van der Waals surface area contributed by atoms with Crippen LogP contribution in [0.5, 0.6) is 11.5 Å². The summed E-state index contributed by atoms with van der Waals surface area (Å²) in [4.78, 5) is 27.3. The van der Waals surface area contributed by atoms with Gasteiger partial charge in [0, 0.05) is 0 Å². The van der Waals surface area contributed by atoms with Crippen LogP contribution in [0.4, 0.5) is 10.1 Å². The van der Waals surface area contributed by atoms with E-state index in [1.807, 2.05) is 37.3 Å². The van der Waals surface area contributed by atoms with Gasteiger partial charge in [0.05, 0.1) is 22.8 Å². The summed E-state index contributed by atoms with van der Waals surface area (Å²) in [6.45, 7) is 2.16. The van der Waals surface area contributed by atoms with Crippen LogP contribution in [-0.2, 0) is 4.79 Å². The first-order valence-electron chi connectivity index (χ1n) is 10.0. The number of thioether (sulfide) groups is 1. The van der Waals surface area contributed by atoms with E-state index in [0.717, 1.165) is 0 Å². The van der Waals surface area contributed by atoms with Crippen molar-refractivity contribution in [3.8, 4) is 11.5 Å². The van der Waals surface area contributed by atoms with Crippen LogP contribution in [0, 0.1) is 5.82 Å². The van der Waals surface area contributed by atoms with Crippen molar-refractivity contribution < 1.29 is 23.5 Å². The molecule has 8 heteroatoms. The molecule has 0 aromatic heterocycles. The molecule has 4 rings (SSSR count). The highest BCUT2D eigenvalue weighted by Crippen LogP contribution is 2.37. The van der Waals surface area contributed by atoms with E-state index >= 15 is 0 Å². The van der Waals surface area contributed by atoms with Crippen molar-refractivity contribution in [3.05, 3.63) is 94.6 Å². The maximum Gasteiger partial charge on any atom is 0.343 e. The van der Waals surface area contributed by atoms with Crippen LogP contribution in [0.3, 0.4) is 0 Å². The van der Waals surface area contributed by atoms with Gasteiger partial charge in [0.15, 0.2) is 15.8 Å². The van der Waals surface area contributed by atoms with Gasteiger partial charge >= 0.3 is 5.97 Å². The molecular formula is C25H18FNO4S2. The standard InChI is InChI=1S/C25H18FNO4S2/c1-2-30-21-14-16(8-13-20(21)31-24(29)17-9-11-18(26)12-10-17)15-22-23(28)27(25(32)33-22)19-6-4-3-5-7-19/h3-15H,2H2,1H3. The highest BCUT2D eigenvalue weighted by molar-refractivity contribution is 8.27. The normalized spacial score (nSPS) is 14.6. The fourth-order valence-electron chi connectivity index (χ4n) is 3.13. The van der Waals surface area contributed by atoms with Gasteiger partial charge in [-0.15, -0.1) is 0 Å². The molecule has 0 unspecified atom stereocenters. The van der Waals surface area contributed by atoms with Crippen LogP contribution in [-0.4, -0.2) is 22.8 Å². The molecule has 1 aliphatic rings. The van der Waals surface area contributed by atoms with Crippen molar-refractivity contribution in [1.29, 1.82) is 0 Å². The maximum atomic E-state index is 13.1. The second-order valence-corrected chi connectivity index (χ2v) is 8.56. The first kappa shape index (κ1) is 22.7. The van der Waals surface area contributed by atoms with Crippen LogP contribution in [0.15, 0.2) is 77.7 Å². The molecule has 1 heterocycles. The average molecular weight is 480 g/mol. The summed E-state index contributed by atoms with van der Waals surface area (Å²) in [5.74, 6) is -0.711. The van der Waals surface area contributed by atoms with Crippen LogP contribution < -0.4 is 14.4 Å². The highest BCUT2D eigenvalue weighted by atomic mass is 32.2.